The maximum Gasteiger partial charge on any atom is 0.255 e. The van der Waals surface area contributed by atoms with Crippen LogP contribution in [-0.2, 0) is 14.8 Å². The SMILES string of the molecule is C=CC(=O)Nc1cccc(-n2c(=O)ccc3cnc4cc(-c5ccc(NS(C)(=O)=O)cc5)ccc4c32)c1. The monoisotopic (exact) mass is 510 g/mol. The van der Waals surface area contributed by atoms with Crippen LogP contribution >= 0.6 is 0 Å². The molecule has 0 atom stereocenters. The summed E-state index contributed by atoms with van der Waals surface area (Å²) < 4.78 is 27.0. The zero-order valence-electron chi connectivity index (χ0n) is 19.8. The highest BCUT2D eigenvalue weighted by Crippen LogP contribution is 2.30. The van der Waals surface area contributed by atoms with Crippen molar-refractivity contribution >= 4 is 49.1 Å². The number of nitrogens with zero attached hydrogens (tertiary/aromatic N) is 2. The summed E-state index contributed by atoms with van der Waals surface area (Å²) in [5.74, 6) is -0.343. The van der Waals surface area contributed by atoms with Gasteiger partial charge in [-0.3, -0.25) is 23.9 Å². The van der Waals surface area contributed by atoms with Crippen LogP contribution in [0.2, 0.25) is 0 Å². The standard InChI is InChI=1S/C28H22N4O4S/c1-3-26(33)30-22-5-4-6-23(16-22)32-27(34)14-10-20-17-29-25-15-19(9-13-24(25)28(20)32)18-7-11-21(12-8-18)31-37(2,35)36/h3-17,31H,1H2,2H3,(H,30,33). The first-order valence-electron chi connectivity index (χ1n) is 11.3. The lowest BCUT2D eigenvalue weighted by Crippen LogP contribution is -2.18. The molecule has 2 aromatic heterocycles. The minimum atomic E-state index is -3.36. The molecule has 5 rings (SSSR count). The third kappa shape index (κ3) is 4.98. The fourth-order valence-corrected chi connectivity index (χ4v) is 4.77. The molecule has 9 heteroatoms. The van der Waals surface area contributed by atoms with E-state index in [1.54, 1.807) is 53.2 Å². The van der Waals surface area contributed by atoms with Crippen LogP contribution in [0.4, 0.5) is 11.4 Å². The van der Waals surface area contributed by atoms with Gasteiger partial charge in [-0.2, -0.15) is 0 Å². The van der Waals surface area contributed by atoms with Crippen molar-refractivity contribution in [1.82, 2.24) is 9.55 Å². The summed E-state index contributed by atoms with van der Waals surface area (Å²) in [5, 5.41) is 4.30. The zero-order chi connectivity index (χ0) is 26.2. The van der Waals surface area contributed by atoms with Gasteiger partial charge in [-0.15, -0.1) is 0 Å². The van der Waals surface area contributed by atoms with Crippen LogP contribution in [0.15, 0.2) is 103 Å². The lowest BCUT2D eigenvalue weighted by molar-refractivity contribution is -0.111. The molecule has 2 heterocycles. The van der Waals surface area contributed by atoms with E-state index in [0.29, 0.717) is 28.1 Å². The molecule has 2 N–H and O–H groups in total. The summed E-state index contributed by atoms with van der Waals surface area (Å²) >= 11 is 0. The molecule has 184 valence electrons. The molecule has 0 aliphatic carbocycles. The van der Waals surface area contributed by atoms with E-state index < -0.39 is 10.0 Å². The number of pyridine rings is 2. The van der Waals surface area contributed by atoms with Gasteiger partial charge in [-0.25, -0.2) is 8.42 Å². The molecular formula is C28H22N4O4S. The van der Waals surface area contributed by atoms with Crippen LogP contribution in [0.5, 0.6) is 0 Å². The predicted molar refractivity (Wildman–Crippen MR) is 148 cm³/mol. The van der Waals surface area contributed by atoms with Crippen LogP contribution in [-0.4, -0.2) is 30.1 Å². The summed E-state index contributed by atoms with van der Waals surface area (Å²) in [4.78, 5) is 29.5. The van der Waals surface area contributed by atoms with Gasteiger partial charge in [-0.05, 0) is 59.7 Å². The third-order valence-electron chi connectivity index (χ3n) is 5.80. The van der Waals surface area contributed by atoms with Crippen molar-refractivity contribution in [3.05, 3.63) is 108 Å². The Kier molecular flexibility index (Phi) is 6.06. The van der Waals surface area contributed by atoms with E-state index in [9.17, 15) is 18.0 Å². The molecule has 5 aromatic rings. The fourth-order valence-electron chi connectivity index (χ4n) is 4.21. The minimum absolute atomic E-state index is 0.217. The number of nitrogens with one attached hydrogen (secondary N) is 2. The van der Waals surface area contributed by atoms with E-state index in [0.717, 1.165) is 28.2 Å². The number of fused-ring (bicyclic) bond motifs is 3. The average Bonchev–Trinajstić information content (AvgIpc) is 2.87. The van der Waals surface area contributed by atoms with Crippen molar-refractivity contribution in [3.63, 3.8) is 0 Å². The van der Waals surface area contributed by atoms with E-state index >= 15 is 0 Å². The molecule has 0 aliphatic heterocycles. The number of hydrogen-bond donors (Lipinski definition) is 2. The second-order valence-corrected chi connectivity index (χ2v) is 10.2. The smallest absolute Gasteiger partial charge is 0.255 e. The van der Waals surface area contributed by atoms with Gasteiger partial charge < -0.3 is 5.32 Å². The number of hydrogen-bond acceptors (Lipinski definition) is 5. The van der Waals surface area contributed by atoms with Crippen molar-refractivity contribution in [3.8, 4) is 16.8 Å². The fraction of sp³-hybridized carbons (Fsp3) is 0.0357. The Morgan fingerprint density at radius 2 is 1.70 bits per heavy atom. The van der Waals surface area contributed by atoms with Gasteiger partial charge in [0.1, 0.15) is 0 Å². The van der Waals surface area contributed by atoms with Crippen molar-refractivity contribution < 1.29 is 13.2 Å². The normalized spacial score (nSPS) is 11.4. The van der Waals surface area contributed by atoms with Gasteiger partial charge in [0.15, 0.2) is 0 Å². The van der Waals surface area contributed by atoms with Crippen LogP contribution in [0, 0.1) is 0 Å². The second kappa shape index (κ2) is 9.36. The molecule has 0 saturated carbocycles. The van der Waals surface area contributed by atoms with Gasteiger partial charge in [-0.1, -0.05) is 36.9 Å². The molecule has 0 aliphatic rings. The molecule has 0 radical (unpaired) electrons. The molecule has 0 bridgehead atoms. The summed E-state index contributed by atoms with van der Waals surface area (Å²) in [6.45, 7) is 3.47. The molecule has 0 fully saturated rings. The maximum atomic E-state index is 13.1. The molecular weight excluding hydrogens is 488 g/mol. The highest BCUT2D eigenvalue weighted by Gasteiger charge is 2.12. The van der Waals surface area contributed by atoms with E-state index in [-0.39, 0.29) is 11.5 Å². The van der Waals surface area contributed by atoms with Gasteiger partial charge in [0.25, 0.3) is 5.56 Å². The molecule has 3 aromatic carbocycles. The molecule has 37 heavy (non-hydrogen) atoms. The molecule has 0 spiro atoms. The lowest BCUT2D eigenvalue weighted by atomic mass is 10.0. The Labute approximate surface area is 213 Å². The Morgan fingerprint density at radius 3 is 2.43 bits per heavy atom. The van der Waals surface area contributed by atoms with Crippen molar-refractivity contribution in [2.45, 2.75) is 0 Å². The first-order valence-corrected chi connectivity index (χ1v) is 13.2. The number of sulfonamides is 1. The highest BCUT2D eigenvalue weighted by molar-refractivity contribution is 7.92. The second-order valence-electron chi connectivity index (χ2n) is 8.50. The Morgan fingerprint density at radius 1 is 0.946 bits per heavy atom. The summed E-state index contributed by atoms with van der Waals surface area (Å²) in [5.41, 5.74) is 4.58. The molecule has 0 saturated heterocycles. The predicted octanol–water partition coefficient (Wildman–Crippen LogP) is 4.70. The average molecular weight is 511 g/mol. The number of aromatic nitrogens is 2. The quantitative estimate of drug-likeness (QED) is 0.254. The molecule has 1 amide bonds. The summed E-state index contributed by atoms with van der Waals surface area (Å²) in [6.07, 6.45) is 4.01. The first-order chi connectivity index (χ1) is 17.7. The first kappa shape index (κ1) is 24.0. The Hall–Kier alpha value is -4.76. The Bertz CT molecular complexity index is 1860. The Balaban J connectivity index is 1.63. The lowest BCUT2D eigenvalue weighted by Gasteiger charge is -2.14. The third-order valence-corrected chi connectivity index (χ3v) is 6.40. The van der Waals surface area contributed by atoms with Crippen molar-refractivity contribution in [2.24, 2.45) is 0 Å². The number of carbonyl (C=O) groups excluding carboxylic acids is 1. The van der Waals surface area contributed by atoms with Crippen LogP contribution < -0.4 is 15.6 Å². The number of rotatable bonds is 6. The van der Waals surface area contributed by atoms with Crippen LogP contribution in [0.3, 0.4) is 0 Å². The highest BCUT2D eigenvalue weighted by atomic mass is 32.2. The van der Waals surface area contributed by atoms with E-state index in [1.807, 2.05) is 30.3 Å². The zero-order valence-corrected chi connectivity index (χ0v) is 20.6. The van der Waals surface area contributed by atoms with Crippen molar-refractivity contribution in [1.29, 1.82) is 0 Å². The van der Waals surface area contributed by atoms with E-state index in [4.69, 9.17) is 0 Å². The van der Waals surface area contributed by atoms with Gasteiger partial charge >= 0.3 is 0 Å². The van der Waals surface area contributed by atoms with Crippen molar-refractivity contribution in [2.75, 3.05) is 16.3 Å². The van der Waals surface area contributed by atoms with Gasteiger partial charge in [0, 0.05) is 34.4 Å². The van der Waals surface area contributed by atoms with E-state index in [2.05, 4.69) is 21.6 Å². The number of benzene rings is 3. The van der Waals surface area contributed by atoms with Crippen LogP contribution in [0.1, 0.15) is 0 Å². The molecule has 8 nitrogen and oxygen atoms in total. The summed E-state index contributed by atoms with van der Waals surface area (Å²) in [7, 11) is -3.36. The largest absolute Gasteiger partial charge is 0.322 e. The number of anilines is 2. The van der Waals surface area contributed by atoms with E-state index in [1.165, 1.54) is 12.1 Å². The van der Waals surface area contributed by atoms with Crippen LogP contribution in [0.25, 0.3) is 38.6 Å². The van der Waals surface area contributed by atoms with Gasteiger partial charge in [0.05, 0.1) is 23.0 Å². The number of carbonyl (C=O) groups is 1. The number of amides is 1. The van der Waals surface area contributed by atoms with Gasteiger partial charge in [0.2, 0.25) is 15.9 Å². The minimum Gasteiger partial charge on any atom is -0.322 e. The maximum absolute atomic E-state index is 13.1. The summed E-state index contributed by atoms with van der Waals surface area (Å²) in [6, 6.07) is 23.1. The molecule has 0 unspecified atom stereocenters. The topological polar surface area (TPSA) is 110 Å².